The van der Waals surface area contributed by atoms with Crippen LogP contribution >= 0.6 is 0 Å². The molecule has 19 heavy (non-hydrogen) atoms. The summed E-state index contributed by atoms with van der Waals surface area (Å²) in [5.41, 5.74) is -1.13. The molecule has 3 heteroatoms. The molecule has 0 bridgehead atoms. The molecule has 1 heterocycles. The number of Topliss-reactive ketones (excluding diaryl/α,β-unsaturated/α-hetero) is 1. The van der Waals surface area contributed by atoms with E-state index in [1.54, 1.807) is 0 Å². The lowest BCUT2D eigenvalue weighted by Crippen LogP contribution is -2.64. The van der Waals surface area contributed by atoms with Gasteiger partial charge in [-0.05, 0) is 38.5 Å². The lowest BCUT2D eigenvalue weighted by molar-refractivity contribution is -0.193. The second-order valence-electron chi connectivity index (χ2n) is 7.02. The standard InChI is InChI=1S/C16H24O3/c1-10-8-11-4-6-15(2)16(3,13(18)5-7-19-15)14(11)12(17)9-10/h4,6,10-12,14,17H,5,7-9H2,1-3H3. The lowest BCUT2D eigenvalue weighted by atomic mass is 9.50. The van der Waals surface area contributed by atoms with E-state index in [0.717, 1.165) is 12.8 Å². The van der Waals surface area contributed by atoms with Crippen molar-refractivity contribution < 1.29 is 14.6 Å². The summed E-state index contributed by atoms with van der Waals surface area (Å²) in [5, 5.41) is 10.6. The van der Waals surface area contributed by atoms with E-state index >= 15 is 0 Å². The fourth-order valence-electron chi connectivity index (χ4n) is 4.65. The van der Waals surface area contributed by atoms with Gasteiger partial charge in [0.05, 0.1) is 23.7 Å². The van der Waals surface area contributed by atoms with E-state index in [0.29, 0.717) is 24.9 Å². The van der Waals surface area contributed by atoms with Crippen molar-refractivity contribution in [1.82, 2.24) is 0 Å². The Bertz CT molecular complexity index is 430. The maximum Gasteiger partial charge on any atom is 0.144 e. The third-order valence-corrected chi connectivity index (χ3v) is 5.86. The van der Waals surface area contributed by atoms with Crippen molar-refractivity contribution in [3.05, 3.63) is 12.2 Å². The zero-order valence-corrected chi connectivity index (χ0v) is 12.1. The third-order valence-electron chi connectivity index (χ3n) is 5.86. The second kappa shape index (κ2) is 4.16. The zero-order chi connectivity index (χ0) is 13.8. The number of aliphatic hydroxyl groups is 1. The van der Waals surface area contributed by atoms with Gasteiger partial charge in [0.25, 0.3) is 0 Å². The number of fused-ring (bicyclic) bond motifs is 3. The molecule has 2 fully saturated rings. The highest BCUT2D eigenvalue weighted by molar-refractivity contribution is 5.88. The van der Waals surface area contributed by atoms with E-state index in [4.69, 9.17) is 4.74 Å². The van der Waals surface area contributed by atoms with Gasteiger partial charge in [0.2, 0.25) is 0 Å². The monoisotopic (exact) mass is 264 g/mol. The summed E-state index contributed by atoms with van der Waals surface area (Å²) < 4.78 is 5.95. The van der Waals surface area contributed by atoms with Crippen LogP contribution in [0.3, 0.4) is 0 Å². The average molecular weight is 264 g/mol. The number of carbonyl (C=O) groups is 1. The topological polar surface area (TPSA) is 46.5 Å². The van der Waals surface area contributed by atoms with Crippen LogP contribution in [0, 0.1) is 23.2 Å². The van der Waals surface area contributed by atoms with Crippen LogP contribution in [0.1, 0.15) is 40.0 Å². The van der Waals surface area contributed by atoms with Crippen LogP contribution in [-0.4, -0.2) is 29.2 Å². The number of hydrogen-bond acceptors (Lipinski definition) is 3. The number of allylic oxidation sites excluding steroid dienone is 1. The predicted molar refractivity (Wildman–Crippen MR) is 72.6 cm³/mol. The fourth-order valence-corrected chi connectivity index (χ4v) is 4.65. The molecule has 106 valence electrons. The minimum Gasteiger partial charge on any atom is -0.393 e. The summed E-state index contributed by atoms with van der Waals surface area (Å²) in [7, 11) is 0. The largest absolute Gasteiger partial charge is 0.393 e. The Hall–Kier alpha value is -0.670. The van der Waals surface area contributed by atoms with Gasteiger partial charge in [-0.15, -0.1) is 0 Å². The Morgan fingerprint density at radius 2 is 2.11 bits per heavy atom. The molecule has 0 aromatic rings. The first-order chi connectivity index (χ1) is 8.88. The Morgan fingerprint density at radius 1 is 1.37 bits per heavy atom. The molecule has 1 saturated carbocycles. The molecule has 0 aromatic heterocycles. The molecule has 6 unspecified atom stereocenters. The Morgan fingerprint density at radius 3 is 2.84 bits per heavy atom. The fraction of sp³-hybridized carbons (Fsp3) is 0.812. The number of ether oxygens (including phenoxy) is 1. The third kappa shape index (κ3) is 1.67. The van der Waals surface area contributed by atoms with Crippen molar-refractivity contribution in [1.29, 1.82) is 0 Å². The van der Waals surface area contributed by atoms with Crippen molar-refractivity contribution >= 4 is 5.78 Å². The minimum atomic E-state index is -0.579. The highest BCUT2D eigenvalue weighted by Gasteiger charge is 2.62. The molecule has 2 aliphatic carbocycles. The minimum absolute atomic E-state index is 0.00602. The molecule has 3 rings (SSSR count). The molecule has 0 aromatic carbocycles. The van der Waals surface area contributed by atoms with Gasteiger partial charge in [-0.3, -0.25) is 4.79 Å². The van der Waals surface area contributed by atoms with E-state index in [9.17, 15) is 9.90 Å². The van der Waals surface area contributed by atoms with Gasteiger partial charge in [-0.1, -0.05) is 19.1 Å². The van der Waals surface area contributed by atoms with E-state index in [1.807, 2.05) is 13.8 Å². The normalized spacial score (nSPS) is 53.6. The molecule has 1 N–H and O–H groups in total. The summed E-state index contributed by atoms with van der Waals surface area (Å²) in [6.45, 7) is 6.69. The molecule has 1 saturated heterocycles. The van der Waals surface area contributed by atoms with Crippen LogP contribution < -0.4 is 0 Å². The Kier molecular flexibility index (Phi) is 2.92. The number of ketones is 1. The number of carbonyl (C=O) groups excluding carboxylic acids is 1. The Balaban J connectivity index is 2.08. The molecule has 6 atom stereocenters. The van der Waals surface area contributed by atoms with Crippen molar-refractivity contribution in [3.63, 3.8) is 0 Å². The molecular weight excluding hydrogens is 240 g/mol. The smallest absolute Gasteiger partial charge is 0.144 e. The van der Waals surface area contributed by atoms with Crippen molar-refractivity contribution in [2.75, 3.05) is 6.61 Å². The maximum atomic E-state index is 12.6. The first-order valence-corrected chi connectivity index (χ1v) is 7.43. The maximum absolute atomic E-state index is 12.6. The van der Waals surface area contributed by atoms with Crippen molar-refractivity contribution in [2.24, 2.45) is 23.2 Å². The molecule has 1 aliphatic heterocycles. The van der Waals surface area contributed by atoms with E-state index in [2.05, 4.69) is 19.1 Å². The predicted octanol–water partition coefficient (Wildman–Crippen LogP) is 2.33. The zero-order valence-electron chi connectivity index (χ0n) is 12.1. The number of aliphatic hydroxyl groups excluding tert-OH is 1. The van der Waals surface area contributed by atoms with Crippen molar-refractivity contribution in [2.45, 2.75) is 51.7 Å². The van der Waals surface area contributed by atoms with Crippen molar-refractivity contribution in [3.8, 4) is 0 Å². The molecule has 0 radical (unpaired) electrons. The van der Waals surface area contributed by atoms with Crippen LogP contribution in [0.25, 0.3) is 0 Å². The summed E-state index contributed by atoms with van der Waals surface area (Å²) in [5.74, 6) is 1.09. The van der Waals surface area contributed by atoms with Crippen LogP contribution in [0.2, 0.25) is 0 Å². The molecular formula is C16H24O3. The van der Waals surface area contributed by atoms with Gasteiger partial charge in [0, 0.05) is 12.3 Å². The highest BCUT2D eigenvalue weighted by Crippen LogP contribution is 2.56. The Labute approximate surface area is 115 Å². The van der Waals surface area contributed by atoms with Gasteiger partial charge >= 0.3 is 0 Å². The average Bonchev–Trinajstić information content (AvgIpc) is 2.32. The molecule has 3 nitrogen and oxygen atoms in total. The summed E-state index contributed by atoms with van der Waals surface area (Å²) in [6.07, 6.45) is 6.21. The summed E-state index contributed by atoms with van der Waals surface area (Å²) >= 11 is 0. The van der Waals surface area contributed by atoms with Crippen LogP contribution in [0.4, 0.5) is 0 Å². The molecule has 0 amide bonds. The van der Waals surface area contributed by atoms with Crippen LogP contribution in [0.5, 0.6) is 0 Å². The first kappa shape index (κ1) is 13.3. The highest BCUT2D eigenvalue weighted by atomic mass is 16.5. The van der Waals surface area contributed by atoms with Crippen LogP contribution in [0.15, 0.2) is 12.2 Å². The SMILES string of the molecule is CC1CC(O)C2C(C=CC3(C)OCCC(=O)C23C)C1. The van der Waals surface area contributed by atoms with E-state index < -0.39 is 17.1 Å². The molecule has 3 aliphatic rings. The van der Waals surface area contributed by atoms with Gasteiger partial charge in [-0.25, -0.2) is 0 Å². The van der Waals surface area contributed by atoms with Gasteiger partial charge < -0.3 is 9.84 Å². The number of hydrogen-bond donors (Lipinski definition) is 1. The quantitative estimate of drug-likeness (QED) is 0.683. The van der Waals surface area contributed by atoms with E-state index in [1.165, 1.54) is 0 Å². The van der Waals surface area contributed by atoms with Gasteiger partial charge in [0.1, 0.15) is 5.78 Å². The second-order valence-corrected chi connectivity index (χ2v) is 7.02. The summed E-state index contributed by atoms with van der Waals surface area (Å²) in [4.78, 5) is 12.6. The van der Waals surface area contributed by atoms with Gasteiger partial charge in [0.15, 0.2) is 0 Å². The lowest BCUT2D eigenvalue weighted by Gasteiger charge is -2.58. The summed E-state index contributed by atoms with van der Waals surface area (Å²) in [6, 6.07) is 0. The molecule has 0 spiro atoms. The number of rotatable bonds is 0. The van der Waals surface area contributed by atoms with Gasteiger partial charge in [-0.2, -0.15) is 0 Å². The van der Waals surface area contributed by atoms with E-state index in [-0.39, 0.29) is 11.7 Å². The van der Waals surface area contributed by atoms with Crippen LogP contribution in [-0.2, 0) is 9.53 Å². The first-order valence-electron chi connectivity index (χ1n) is 7.43.